The molecule has 2 amide bonds. The zero-order chi connectivity index (χ0) is 27.2. The molecule has 7 nitrogen and oxygen atoms in total. The lowest BCUT2D eigenvalue weighted by Crippen LogP contribution is -2.49. The molecule has 2 aromatic rings. The minimum absolute atomic E-state index is 0.0947. The smallest absolute Gasteiger partial charge is 0.255 e. The van der Waals surface area contributed by atoms with Crippen LogP contribution in [0.1, 0.15) is 66.4 Å². The quantitative estimate of drug-likeness (QED) is 0.608. The second-order valence-corrected chi connectivity index (χ2v) is 11.3. The molecule has 2 N–H and O–H groups in total. The van der Waals surface area contributed by atoms with Crippen molar-refractivity contribution in [2.75, 3.05) is 50.8 Å². The number of rotatable bonds is 3. The van der Waals surface area contributed by atoms with Gasteiger partial charge in [-0.25, -0.2) is 4.39 Å². The van der Waals surface area contributed by atoms with Gasteiger partial charge in [-0.2, -0.15) is 0 Å². The van der Waals surface area contributed by atoms with Crippen LogP contribution >= 0.6 is 0 Å². The van der Waals surface area contributed by atoms with Gasteiger partial charge in [0, 0.05) is 26.2 Å². The van der Waals surface area contributed by atoms with E-state index in [0.29, 0.717) is 37.6 Å². The predicted octanol–water partition coefficient (Wildman–Crippen LogP) is 4.43. The fourth-order valence-corrected chi connectivity index (χ4v) is 6.23. The summed E-state index contributed by atoms with van der Waals surface area (Å²) in [6.45, 7) is 7.47. The summed E-state index contributed by atoms with van der Waals surface area (Å²) < 4.78 is 20.9. The van der Waals surface area contributed by atoms with E-state index < -0.39 is 5.41 Å². The van der Waals surface area contributed by atoms with Gasteiger partial charge in [0.05, 0.1) is 23.2 Å². The molecule has 0 saturated carbocycles. The van der Waals surface area contributed by atoms with Crippen LogP contribution in [-0.2, 0) is 11.3 Å². The van der Waals surface area contributed by atoms with Crippen molar-refractivity contribution in [2.45, 2.75) is 58.4 Å². The summed E-state index contributed by atoms with van der Waals surface area (Å²) in [6.07, 6.45) is 6.25. The molecule has 0 aromatic heterocycles. The van der Waals surface area contributed by atoms with Crippen LogP contribution in [0.2, 0.25) is 0 Å². The van der Waals surface area contributed by atoms with E-state index in [1.807, 2.05) is 18.2 Å². The van der Waals surface area contributed by atoms with Crippen molar-refractivity contribution in [2.24, 2.45) is 5.41 Å². The molecule has 3 heterocycles. The Morgan fingerprint density at radius 3 is 2.49 bits per heavy atom. The van der Waals surface area contributed by atoms with Gasteiger partial charge in [0.2, 0.25) is 5.91 Å². The number of likely N-dealkylation sites (tertiary alicyclic amines) is 1. The summed E-state index contributed by atoms with van der Waals surface area (Å²) in [7, 11) is 0. The Bertz CT molecular complexity index is 1170. The lowest BCUT2D eigenvalue weighted by atomic mass is 9.73. The summed E-state index contributed by atoms with van der Waals surface area (Å²) in [5.41, 5.74) is 2.97. The third-order valence-electron chi connectivity index (χ3n) is 8.69. The molecule has 3 aliphatic rings. The maximum Gasteiger partial charge on any atom is 0.255 e. The molecule has 39 heavy (non-hydrogen) atoms. The Hall–Kier alpha value is -3.13. The molecule has 8 heteroatoms. The number of nitrogens with zero attached hydrogens (tertiary/aromatic N) is 2. The number of hydrogen-bond acceptors (Lipinski definition) is 5. The number of para-hydroxylation sites is 1. The van der Waals surface area contributed by atoms with Crippen molar-refractivity contribution < 1.29 is 18.7 Å². The van der Waals surface area contributed by atoms with E-state index in [2.05, 4.69) is 27.4 Å². The second kappa shape index (κ2) is 12.4. The number of ether oxygens (including phenoxy) is 1. The molecular formula is C31H41FN4O3. The van der Waals surface area contributed by atoms with Crippen molar-refractivity contribution in [1.29, 1.82) is 0 Å². The van der Waals surface area contributed by atoms with Gasteiger partial charge in [-0.1, -0.05) is 18.6 Å². The summed E-state index contributed by atoms with van der Waals surface area (Å²) in [5, 5.41) is 6.12. The van der Waals surface area contributed by atoms with Gasteiger partial charge in [0.15, 0.2) is 0 Å². The standard InChI is InChI=1S/C31H41FN4O3/c1-23-20-27(36-15-6-7-16-36)26(32)21-24(23)22-35-17-11-31(12-18-35)10-4-5-13-33-29(37)25-8-2-3-9-28(25)39-19-14-34-30(31)38/h2-3,8-9,20-21H,4-7,10-19,22H2,1H3,(H,33,37)(H,34,38). The van der Waals surface area contributed by atoms with E-state index in [1.165, 1.54) is 0 Å². The second-order valence-electron chi connectivity index (χ2n) is 11.3. The lowest BCUT2D eigenvalue weighted by molar-refractivity contribution is -0.134. The van der Waals surface area contributed by atoms with Crippen LogP contribution in [0.15, 0.2) is 36.4 Å². The fraction of sp³-hybridized carbons (Fsp3) is 0.548. The summed E-state index contributed by atoms with van der Waals surface area (Å²) in [5.74, 6) is 0.366. The van der Waals surface area contributed by atoms with E-state index in [-0.39, 0.29) is 17.6 Å². The number of aryl methyl sites for hydroxylation is 1. The highest BCUT2D eigenvalue weighted by atomic mass is 19.1. The van der Waals surface area contributed by atoms with Crippen molar-refractivity contribution in [3.05, 3.63) is 58.9 Å². The molecule has 0 atom stereocenters. The highest BCUT2D eigenvalue weighted by Gasteiger charge is 2.40. The first-order chi connectivity index (χ1) is 18.9. The van der Waals surface area contributed by atoms with Gasteiger partial charge in [-0.15, -0.1) is 0 Å². The molecule has 2 aromatic carbocycles. The Kier molecular flexibility index (Phi) is 8.70. The number of amides is 2. The molecule has 5 rings (SSSR count). The zero-order valence-electron chi connectivity index (χ0n) is 23.1. The molecule has 0 unspecified atom stereocenters. The Labute approximate surface area is 231 Å². The van der Waals surface area contributed by atoms with Crippen molar-refractivity contribution in [3.8, 4) is 5.75 Å². The molecule has 0 radical (unpaired) electrons. The SMILES string of the molecule is Cc1cc(N2CCCC2)c(F)cc1CN1CCC2(CCCCNC(=O)c3ccccc3OCCNC2=O)CC1. The normalized spacial score (nSPS) is 21.0. The maximum absolute atomic E-state index is 15.0. The van der Waals surface area contributed by atoms with Crippen LogP contribution < -0.4 is 20.3 Å². The molecule has 210 valence electrons. The Morgan fingerprint density at radius 2 is 1.69 bits per heavy atom. The molecule has 1 spiro atoms. The summed E-state index contributed by atoms with van der Waals surface area (Å²) in [6, 6.07) is 10.9. The number of hydrogen-bond donors (Lipinski definition) is 2. The van der Waals surface area contributed by atoms with Gasteiger partial charge in [0.25, 0.3) is 5.91 Å². The number of carbonyl (C=O) groups is 2. The lowest BCUT2D eigenvalue weighted by Gasteiger charge is -2.41. The molecule has 0 aliphatic carbocycles. The van der Waals surface area contributed by atoms with Crippen LogP contribution in [0.25, 0.3) is 0 Å². The maximum atomic E-state index is 15.0. The number of halogens is 1. The van der Waals surface area contributed by atoms with Crippen LogP contribution in [0.4, 0.5) is 10.1 Å². The van der Waals surface area contributed by atoms with E-state index in [4.69, 9.17) is 4.74 Å². The van der Waals surface area contributed by atoms with Gasteiger partial charge in [-0.05, 0) is 93.9 Å². The van der Waals surface area contributed by atoms with E-state index in [1.54, 1.807) is 18.2 Å². The molecule has 2 fully saturated rings. The topological polar surface area (TPSA) is 73.9 Å². The number of piperidine rings is 1. The third kappa shape index (κ3) is 6.38. The predicted molar refractivity (Wildman–Crippen MR) is 151 cm³/mol. The van der Waals surface area contributed by atoms with Gasteiger partial charge in [0.1, 0.15) is 18.2 Å². The largest absolute Gasteiger partial charge is 0.491 e. The van der Waals surface area contributed by atoms with Crippen molar-refractivity contribution in [1.82, 2.24) is 15.5 Å². The fourth-order valence-electron chi connectivity index (χ4n) is 6.23. The van der Waals surface area contributed by atoms with Crippen LogP contribution in [0, 0.1) is 18.2 Å². The van der Waals surface area contributed by atoms with E-state index in [9.17, 15) is 9.59 Å². The van der Waals surface area contributed by atoms with Gasteiger partial charge < -0.3 is 20.3 Å². The summed E-state index contributed by atoms with van der Waals surface area (Å²) in [4.78, 5) is 30.6. The molecular weight excluding hydrogens is 495 g/mol. The minimum Gasteiger partial charge on any atom is -0.491 e. The summed E-state index contributed by atoms with van der Waals surface area (Å²) >= 11 is 0. The van der Waals surface area contributed by atoms with Crippen molar-refractivity contribution >= 4 is 17.5 Å². The van der Waals surface area contributed by atoms with E-state index in [0.717, 1.165) is 87.9 Å². The Balaban J connectivity index is 1.21. The monoisotopic (exact) mass is 536 g/mol. The number of anilines is 1. The zero-order valence-corrected chi connectivity index (χ0v) is 23.1. The highest BCUT2D eigenvalue weighted by Crippen LogP contribution is 2.38. The number of nitrogens with one attached hydrogen (secondary N) is 2. The van der Waals surface area contributed by atoms with Crippen molar-refractivity contribution in [3.63, 3.8) is 0 Å². The average molecular weight is 537 g/mol. The van der Waals surface area contributed by atoms with Gasteiger partial charge in [-0.3, -0.25) is 14.5 Å². The molecule has 2 saturated heterocycles. The number of carbonyl (C=O) groups excluding carboxylic acids is 2. The van der Waals surface area contributed by atoms with Crippen LogP contribution in [0.5, 0.6) is 5.75 Å². The molecule has 3 aliphatic heterocycles. The van der Waals surface area contributed by atoms with Crippen LogP contribution in [0.3, 0.4) is 0 Å². The average Bonchev–Trinajstić information content (AvgIpc) is 3.48. The van der Waals surface area contributed by atoms with Crippen LogP contribution in [-0.4, -0.2) is 62.6 Å². The first kappa shape index (κ1) is 27.4. The first-order valence-corrected chi connectivity index (χ1v) is 14.5. The Morgan fingerprint density at radius 1 is 0.923 bits per heavy atom. The first-order valence-electron chi connectivity index (χ1n) is 14.5. The third-order valence-corrected chi connectivity index (χ3v) is 8.69. The molecule has 0 bridgehead atoms. The number of benzene rings is 2. The number of fused-ring (bicyclic) bond motifs is 1. The highest BCUT2D eigenvalue weighted by molar-refractivity contribution is 5.96. The minimum atomic E-state index is -0.428. The van der Waals surface area contributed by atoms with E-state index >= 15 is 4.39 Å². The van der Waals surface area contributed by atoms with Gasteiger partial charge >= 0.3 is 0 Å².